The van der Waals surface area contributed by atoms with E-state index in [1.165, 1.54) is 23.8 Å². The van der Waals surface area contributed by atoms with Crippen LogP contribution in [0.4, 0.5) is 10.9 Å². The number of nitrogens with one attached hydrogen (secondary N) is 2. The molecule has 0 bridgehead atoms. The summed E-state index contributed by atoms with van der Waals surface area (Å²) in [6.45, 7) is 5.60. The maximum absolute atomic E-state index is 11.5. The number of pyridine rings is 1. The Hall–Kier alpha value is -2.78. The summed E-state index contributed by atoms with van der Waals surface area (Å²) in [6, 6.07) is 4.05. The molecule has 0 saturated heterocycles. The molecular weight excluding hydrogens is 400 g/mol. The molecule has 0 atom stereocenters. The summed E-state index contributed by atoms with van der Waals surface area (Å²) in [5, 5.41) is 11.6. The van der Waals surface area contributed by atoms with Crippen molar-refractivity contribution >= 4 is 28.2 Å². The van der Waals surface area contributed by atoms with Crippen molar-refractivity contribution in [2.24, 2.45) is 0 Å². The van der Waals surface area contributed by atoms with Gasteiger partial charge in [-0.2, -0.15) is 5.10 Å². The molecule has 0 aliphatic heterocycles. The monoisotopic (exact) mass is 426 g/mol. The number of fused-ring (bicyclic) bond motifs is 3. The van der Waals surface area contributed by atoms with Crippen molar-refractivity contribution in [1.82, 2.24) is 19.7 Å². The average Bonchev–Trinajstić information content (AvgIpc) is 3.22. The van der Waals surface area contributed by atoms with E-state index in [9.17, 15) is 4.79 Å². The smallest absolute Gasteiger partial charge is 0.223 e. The molecule has 1 aliphatic carbocycles. The van der Waals surface area contributed by atoms with Gasteiger partial charge in [0.25, 0.3) is 0 Å². The first-order valence-corrected chi connectivity index (χ1v) is 11.0. The molecule has 2 N–H and O–H groups in total. The predicted octanol–water partition coefficient (Wildman–Crippen LogP) is 3.59. The number of ether oxygens (including phenoxy) is 1. The number of hydrogen-bond donors (Lipinski definition) is 2. The maximum Gasteiger partial charge on any atom is 0.223 e. The SMILES string of the molecule is CCNc1ccc(-c2nn(CCOC)c3c2CCCc2nc(NC(C)=O)sc2-3)cn1. The second-order valence-electron chi connectivity index (χ2n) is 7.18. The third-order valence-corrected chi connectivity index (χ3v) is 6.01. The number of carbonyl (C=O) groups excluding carboxylic acids is 1. The van der Waals surface area contributed by atoms with Gasteiger partial charge in [0.05, 0.1) is 35.1 Å². The quantitative estimate of drug-likeness (QED) is 0.600. The van der Waals surface area contributed by atoms with Crippen LogP contribution in [-0.2, 0) is 28.9 Å². The lowest BCUT2D eigenvalue weighted by Crippen LogP contribution is -2.07. The molecule has 8 nitrogen and oxygen atoms in total. The third-order valence-electron chi connectivity index (χ3n) is 4.99. The Labute approximate surface area is 179 Å². The van der Waals surface area contributed by atoms with Crippen molar-refractivity contribution < 1.29 is 9.53 Å². The van der Waals surface area contributed by atoms with Crippen molar-refractivity contribution in [1.29, 1.82) is 0 Å². The summed E-state index contributed by atoms with van der Waals surface area (Å²) >= 11 is 1.51. The number of thiazole rings is 1. The molecule has 0 saturated carbocycles. The zero-order valence-electron chi connectivity index (χ0n) is 17.5. The highest BCUT2D eigenvalue weighted by atomic mass is 32.1. The number of amides is 1. The highest BCUT2D eigenvalue weighted by Crippen LogP contribution is 2.42. The first kappa shape index (κ1) is 20.5. The van der Waals surface area contributed by atoms with Crippen LogP contribution in [-0.4, -0.2) is 45.9 Å². The number of hydrogen-bond acceptors (Lipinski definition) is 7. The van der Waals surface area contributed by atoms with Crippen LogP contribution in [0.3, 0.4) is 0 Å². The molecule has 0 radical (unpaired) electrons. The highest BCUT2D eigenvalue weighted by molar-refractivity contribution is 7.19. The Balaban J connectivity index is 1.81. The number of carbonyl (C=O) groups is 1. The van der Waals surface area contributed by atoms with Gasteiger partial charge in [-0.15, -0.1) is 0 Å². The van der Waals surface area contributed by atoms with E-state index in [2.05, 4.69) is 33.6 Å². The van der Waals surface area contributed by atoms with Crippen LogP contribution in [0.15, 0.2) is 18.3 Å². The van der Waals surface area contributed by atoms with E-state index in [-0.39, 0.29) is 5.91 Å². The lowest BCUT2D eigenvalue weighted by molar-refractivity contribution is -0.114. The van der Waals surface area contributed by atoms with Crippen molar-refractivity contribution in [3.63, 3.8) is 0 Å². The van der Waals surface area contributed by atoms with Gasteiger partial charge in [-0.05, 0) is 38.3 Å². The van der Waals surface area contributed by atoms with E-state index >= 15 is 0 Å². The summed E-state index contributed by atoms with van der Waals surface area (Å²) in [6.07, 6.45) is 4.66. The molecule has 0 spiro atoms. The van der Waals surface area contributed by atoms with E-state index < -0.39 is 0 Å². The lowest BCUT2D eigenvalue weighted by atomic mass is 10.0. The van der Waals surface area contributed by atoms with Crippen molar-refractivity contribution in [3.8, 4) is 21.8 Å². The van der Waals surface area contributed by atoms with Gasteiger partial charge in [0.15, 0.2) is 5.13 Å². The predicted molar refractivity (Wildman–Crippen MR) is 119 cm³/mol. The second kappa shape index (κ2) is 8.93. The molecule has 4 rings (SSSR count). The van der Waals surface area contributed by atoms with Crippen LogP contribution in [0, 0.1) is 0 Å². The van der Waals surface area contributed by atoms with Gasteiger partial charge < -0.3 is 15.4 Å². The van der Waals surface area contributed by atoms with Crippen LogP contribution in [0.5, 0.6) is 0 Å². The zero-order chi connectivity index (χ0) is 21.1. The van der Waals surface area contributed by atoms with Gasteiger partial charge >= 0.3 is 0 Å². The van der Waals surface area contributed by atoms with Crippen molar-refractivity contribution in [2.75, 3.05) is 30.9 Å². The lowest BCUT2D eigenvalue weighted by Gasteiger charge is -2.06. The molecule has 3 aromatic rings. The van der Waals surface area contributed by atoms with Gasteiger partial charge in [0.1, 0.15) is 5.82 Å². The fraction of sp³-hybridized carbons (Fsp3) is 0.429. The Bertz CT molecular complexity index is 1040. The van der Waals surface area contributed by atoms with Crippen LogP contribution < -0.4 is 10.6 Å². The third kappa shape index (κ3) is 4.08. The minimum absolute atomic E-state index is 0.112. The Morgan fingerprint density at radius 1 is 1.33 bits per heavy atom. The van der Waals surface area contributed by atoms with Crippen LogP contribution in [0.1, 0.15) is 31.5 Å². The molecule has 3 aromatic heterocycles. The number of rotatable bonds is 7. The summed E-state index contributed by atoms with van der Waals surface area (Å²) in [5.41, 5.74) is 5.27. The van der Waals surface area contributed by atoms with E-state index in [0.29, 0.717) is 18.3 Å². The number of methoxy groups -OCH3 is 1. The molecule has 1 aliphatic rings. The summed E-state index contributed by atoms with van der Waals surface area (Å²) < 4.78 is 7.34. The fourth-order valence-corrected chi connectivity index (χ4v) is 4.86. The van der Waals surface area contributed by atoms with E-state index in [4.69, 9.17) is 9.84 Å². The molecule has 0 fully saturated rings. The normalized spacial score (nSPS) is 12.8. The van der Waals surface area contributed by atoms with Gasteiger partial charge in [-0.3, -0.25) is 9.48 Å². The minimum atomic E-state index is -0.112. The van der Waals surface area contributed by atoms with Crippen molar-refractivity contribution in [2.45, 2.75) is 39.7 Å². The molecule has 0 aromatic carbocycles. The molecule has 158 valence electrons. The largest absolute Gasteiger partial charge is 0.383 e. The summed E-state index contributed by atoms with van der Waals surface area (Å²) in [4.78, 5) is 21.8. The highest BCUT2D eigenvalue weighted by Gasteiger charge is 2.27. The van der Waals surface area contributed by atoms with Crippen molar-refractivity contribution in [3.05, 3.63) is 29.6 Å². The Kier molecular flexibility index (Phi) is 6.10. The number of anilines is 2. The van der Waals surface area contributed by atoms with Gasteiger partial charge in [-0.25, -0.2) is 9.97 Å². The number of aromatic nitrogens is 4. The first-order chi connectivity index (χ1) is 14.6. The summed E-state index contributed by atoms with van der Waals surface area (Å²) in [7, 11) is 1.69. The van der Waals surface area contributed by atoms with E-state index in [1.54, 1.807) is 7.11 Å². The molecule has 1 amide bonds. The van der Waals surface area contributed by atoms with Crippen LogP contribution in [0.25, 0.3) is 21.8 Å². The molecular formula is C21H26N6O2S. The average molecular weight is 427 g/mol. The minimum Gasteiger partial charge on any atom is -0.383 e. The fourth-order valence-electron chi connectivity index (χ4n) is 3.72. The Morgan fingerprint density at radius 2 is 2.20 bits per heavy atom. The molecule has 0 unspecified atom stereocenters. The molecule has 9 heteroatoms. The summed E-state index contributed by atoms with van der Waals surface area (Å²) in [5.74, 6) is 0.746. The number of nitrogens with zero attached hydrogens (tertiary/aromatic N) is 4. The first-order valence-electron chi connectivity index (χ1n) is 10.2. The molecule has 30 heavy (non-hydrogen) atoms. The van der Waals surface area contributed by atoms with Gasteiger partial charge in [-0.1, -0.05) is 11.3 Å². The molecule has 3 heterocycles. The number of aryl methyl sites for hydroxylation is 1. The van der Waals surface area contributed by atoms with Gasteiger partial charge in [0, 0.05) is 37.9 Å². The second-order valence-corrected chi connectivity index (χ2v) is 8.18. The maximum atomic E-state index is 11.5. The van der Waals surface area contributed by atoms with Crippen LogP contribution in [0.2, 0.25) is 0 Å². The van der Waals surface area contributed by atoms with E-state index in [0.717, 1.165) is 59.1 Å². The standard InChI is InChI=1S/C21H26N6O2S/c1-4-22-17-9-8-14(12-23-17)18-15-6-5-7-16-20(30-21(25-16)24-13(2)28)19(15)27(26-18)10-11-29-3/h8-9,12H,4-7,10-11H2,1-3H3,(H,22,23)(H,24,25,28). The topological polar surface area (TPSA) is 94.0 Å². The van der Waals surface area contributed by atoms with Gasteiger partial charge in [0.2, 0.25) is 5.91 Å². The van der Waals surface area contributed by atoms with E-state index in [1.807, 2.05) is 16.9 Å². The Morgan fingerprint density at radius 3 is 2.90 bits per heavy atom. The van der Waals surface area contributed by atoms with Crippen LogP contribution >= 0.6 is 11.3 Å². The zero-order valence-corrected chi connectivity index (χ0v) is 18.3.